The Morgan fingerprint density at radius 2 is 2.00 bits per heavy atom. The lowest BCUT2D eigenvalue weighted by atomic mass is 10.0. The van der Waals surface area contributed by atoms with Crippen molar-refractivity contribution in [1.82, 2.24) is 4.90 Å². The first-order valence-electron chi connectivity index (χ1n) is 6.12. The van der Waals surface area contributed by atoms with E-state index < -0.39 is 29.2 Å². The molecule has 1 aliphatic heterocycles. The van der Waals surface area contributed by atoms with Gasteiger partial charge in [0.15, 0.2) is 0 Å². The monoisotopic (exact) mass is 302 g/mol. The summed E-state index contributed by atoms with van der Waals surface area (Å²) >= 11 is 0. The highest BCUT2D eigenvalue weighted by atomic mass is 19.4. The zero-order valence-electron chi connectivity index (χ0n) is 10.9. The van der Waals surface area contributed by atoms with E-state index in [2.05, 4.69) is 0 Å². The van der Waals surface area contributed by atoms with Gasteiger partial charge < -0.3 is 15.7 Å². The molecule has 0 aromatic heterocycles. The summed E-state index contributed by atoms with van der Waals surface area (Å²) in [6, 6.07) is 4.01. The lowest BCUT2D eigenvalue weighted by Gasteiger charge is -2.20. The average molecular weight is 302 g/mol. The molecule has 1 fully saturated rings. The van der Waals surface area contributed by atoms with Crippen LogP contribution in [0.25, 0.3) is 0 Å². The van der Waals surface area contributed by atoms with Crippen LogP contribution in [0.5, 0.6) is 0 Å². The molecule has 114 valence electrons. The van der Waals surface area contributed by atoms with E-state index in [1.165, 1.54) is 6.07 Å². The number of carbonyl (C=O) groups is 2. The minimum Gasteiger partial charge on any atom is -0.480 e. The van der Waals surface area contributed by atoms with Crippen LogP contribution in [0.2, 0.25) is 0 Å². The molecular formula is C13H13F3N2O3. The van der Waals surface area contributed by atoms with Gasteiger partial charge in [0.25, 0.3) is 5.91 Å². The molecule has 0 aliphatic carbocycles. The number of aliphatic carboxylic acids is 1. The van der Waals surface area contributed by atoms with Crippen molar-refractivity contribution in [2.45, 2.75) is 18.1 Å². The van der Waals surface area contributed by atoms with E-state index in [1.54, 1.807) is 0 Å². The molecule has 3 N–H and O–H groups in total. The number of likely N-dealkylation sites (tertiary alicyclic amines) is 1. The second-order valence-corrected chi connectivity index (χ2v) is 5.02. The second kappa shape index (κ2) is 5.03. The van der Waals surface area contributed by atoms with Gasteiger partial charge in [0.2, 0.25) is 0 Å². The third-order valence-corrected chi connectivity index (χ3v) is 3.45. The molecule has 1 aliphatic rings. The fourth-order valence-corrected chi connectivity index (χ4v) is 2.19. The molecule has 8 heteroatoms. The average Bonchev–Trinajstić information content (AvgIpc) is 2.81. The van der Waals surface area contributed by atoms with Crippen LogP contribution in [0.4, 0.5) is 13.2 Å². The van der Waals surface area contributed by atoms with E-state index in [9.17, 15) is 22.8 Å². The highest BCUT2D eigenvalue weighted by Gasteiger charge is 2.43. The molecule has 1 unspecified atom stereocenters. The van der Waals surface area contributed by atoms with Crippen LogP contribution >= 0.6 is 0 Å². The molecule has 1 amide bonds. The van der Waals surface area contributed by atoms with Gasteiger partial charge >= 0.3 is 12.1 Å². The summed E-state index contributed by atoms with van der Waals surface area (Å²) in [5.74, 6) is -1.89. The Kier molecular flexibility index (Phi) is 3.66. The molecule has 1 heterocycles. The molecule has 21 heavy (non-hydrogen) atoms. The first-order chi connectivity index (χ1) is 9.63. The van der Waals surface area contributed by atoms with Gasteiger partial charge in [0.05, 0.1) is 5.56 Å². The Bertz CT molecular complexity index is 588. The summed E-state index contributed by atoms with van der Waals surface area (Å²) in [6.45, 7) is -0.130. The van der Waals surface area contributed by atoms with Crippen molar-refractivity contribution >= 4 is 11.9 Å². The maximum absolute atomic E-state index is 12.6. The quantitative estimate of drug-likeness (QED) is 0.863. The van der Waals surface area contributed by atoms with E-state index in [-0.39, 0.29) is 25.1 Å². The zero-order chi connectivity index (χ0) is 15.8. The van der Waals surface area contributed by atoms with Gasteiger partial charge in [-0.05, 0) is 24.6 Å². The minimum absolute atomic E-state index is 0.0625. The Balaban J connectivity index is 2.21. The molecule has 1 atom stereocenters. The van der Waals surface area contributed by atoms with Gasteiger partial charge in [-0.3, -0.25) is 9.59 Å². The summed E-state index contributed by atoms with van der Waals surface area (Å²) in [4.78, 5) is 24.3. The number of carboxylic acid groups (broad SMARTS) is 1. The largest absolute Gasteiger partial charge is 0.480 e. The number of amides is 1. The molecule has 1 aromatic carbocycles. The summed E-state index contributed by atoms with van der Waals surface area (Å²) < 4.78 is 37.8. The van der Waals surface area contributed by atoms with Crippen molar-refractivity contribution in [3.8, 4) is 0 Å². The second-order valence-electron chi connectivity index (χ2n) is 5.02. The predicted molar refractivity (Wildman–Crippen MR) is 66.5 cm³/mol. The van der Waals surface area contributed by atoms with Crippen LogP contribution in [0.15, 0.2) is 24.3 Å². The number of alkyl halides is 3. The Morgan fingerprint density at radius 1 is 1.33 bits per heavy atom. The molecule has 1 saturated heterocycles. The smallest absolute Gasteiger partial charge is 0.416 e. The summed E-state index contributed by atoms with van der Waals surface area (Å²) in [5.41, 5.74) is 3.02. The van der Waals surface area contributed by atoms with Gasteiger partial charge in [-0.15, -0.1) is 0 Å². The van der Waals surface area contributed by atoms with Crippen LogP contribution in [0.3, 0.4) is 0 Å². The molecule has 2 rings (SSSR count). The van der Waals surface area contributed by atoms with Crippen molar-refractivity contribution < 1.29 is 27.9 Å². The fourth-order valence-electron chi connectivity index (χ4n) is 2.19. The zero-order valence-corrected chi connectivity index (χ0v) is 10.9. The van der Waals surface area contributed by atoms with Gasteiger partial charge in [0, 0.05) is 18.7 Å². The van der Waals surface area contributed by atoms with Crippen molar-refractivity contribution in [3.05, 3.63) is 35.4 Å². The van der Waals surface area contributed by atoms with Gasteiger partial charge in [-0.2, -0.15) is 13.2 Å². The van der Waals surface area contributed by atoms with E-state index >= 15 is 0 Å². The van der Waals surface area contributed by atoms with Gasteiger partial charge in [0.1, 0.15) is 5.54 Å². The predicted octanol–water partition coefficient (Wildman–Crippen LogP) is 1.33. The normalized spacial score (nSPS) is 22.4. The Labute approximate surface area is 118 Å². The fraction of sp³-hybridized carbons (Fsp3) is 0.385. The van der Waals surface area contributed by atoms with Gasteiger partial charge in [-0.25, -0.2) is 0 Å². The first kappa shape index (κ1) is 15.3. The van der Waals surface area contributed by atoms with Crippen LogP contribution in [-0.4, -0.2) is 40.5 Å². The summed E-state index contributed by atoms with van der Waals surface area (Å²) in [6.07, 6.45) is -4.48. The Morgan fingerprint density at radius 3 is 2.52 bits per heavy atom. The highest BCUT2D eigenvalue weighted by molar-refractivity contribution is 5.95. The number of carbonyl (C=O) groups excluding carboxylic acids is 1. The van der Waals surface area contributed by atoms with Gasteiger partial charge in [-0.1, -0.05) is 6.07 Å². The number of rotatable bonds is 2. The van der Waals surface area contributed by atoms with Crippen LogP contribution in [-0.2, 0) is 11.0 Å². The molecule has 0 bridgehead atoms. The van der Waals surface area contributed by atoms with Crippen LogP contribution < -0.4 is 5.73 Å². The molecule has 1 aromatic rings. The topological polar surface area (TPSA) is 83.6 Å². The van der Waals surface area contributed by atoms with E-state index in [4.69, 9.17) is 10.8 Å². The van der Waals surface area contributed by atoms with Crippen LogP contribution in [0.1, 0.15) is 22.3 Å². The lowest BCUT2D eigenvalue weighted by Crippen LogP contribution is -2.50. The number of benzene rings is 1. The standard InChI is InChI=1S/C13H13F3N2O3/c14-13(15,16)9-3-1-2-8(6-9)10(19)18-5-4-12(17,7-18)11(20)21/h1-3,6H,4-5,7,17H2,(H,20,21). The highest BCUT2D eigenvalue weighted by Crippen LogP contribution is 2.30. The van der Waals surface area contributed by atoms with E-state index in [0.717, 1.165) is 23.1 Å². The molecule has 5 nitrogen and oxygen atoms in total. The Hall–Kier alpha value is -2.09. The van der Waals surface area contributed by atoms with Crippen molar-refractivity contribution in [2.24, 2.45) is 5.73 Å². The molecule has 0 saturated carbocycles. The third kappa shape index (κ3) is 2.99. The maximum atomic E-state index is 12.6. The number of halogens is 3. The van der Waals surface area contributed by atoms with Crippen LogP contribution in [0, 0.1) is 0 Å². The molecule has 0 radical (unpaired) electrons. The number of carboxylic acids is 1. The summed E-state index contributed by atoms with van der Waals surface area (Å²) in [7, 11) is 0. The number of nitrogens with two attached hydrogens (primary N) is 1. The van der Waals surface area contributed by atoms with Crippen molar-refractivity contribution in [1.29, 1.82) is 0 Å². The third-order valence-electron chi connectivity index (χ3n) is 3.45. The van der Waals surface area contributed by atoms with E-state index in [0.29, 0.717) is 0 Å². The number of nitrogens with zero attached hydrogens (tertiary/aromatic N) is 1. The maximum Gasteiger partial charge on any atom is 0.416 e. The minimum atomic E-state index is -4.54. The first-order valence-corrected chi connectivity index (χ1v) is 6.12. The number of hydrogen-bond donors (Lipinski definition) is 2. The lowest BCUT2D eigenvalue weighted by molar-refractivity contribution is -0.142. The van der Waals surface area contributed by atoms with Crippen molar-refractivity contribution in [2.75, 3.05) is 13.1 Å². The molecule has 0 spiro atoms. The van der Waals surface area contributed by atoms with E-state index in [1.807, 2.05) is 0 Å². The van der Waals surface area contributed by atoms with Crippen molar-refractivity contribution in [3.63, 3.8) is 0 Å². The summed E-state index contributed by atoms with van der Waals surface area (Å²) in [5, 5.41) is 8.98. The SMILES string of the molecule is NC1(C(=O)O)CCN(C(=O)c2cccc(C(F)(F)F)c2)C1. The number of hydrogen-bond acceptors (Lipinski definition) is 3. The molecular weight excluding hydrogens is 289 g/mol.